The maximum absolute atomic E-state index is 5.50. The number of likely N-dealkylation sites (tertiary alicyclic amines) is 1. The van der Waals surface area contributed by atoms with Crippen molar-refractivity contribution in [3.63, 3.8) is 0 Å². The lowest BCUT2D eigenvalue weighted by atomic mass is 9.68. The average molecular weight is 237 g/mol. The number of nitrogens with zero attached hydrogens (tertiary/aromatic N) is 1. The summed E-state index contributed by atoms with van der Waals surface area (Å²) in [5.74, 6) is 1.86. The van der Waals surface area contributed by atoms with Crippen molar-refractivity contribution in [2.45, 2.75) is 45.4 Å². The van der Waals surface area contributed by atoms with Gasteiger partial charge in [0, 0.05) is 26.3 Å². The molecule has 17 heavy (non-hydrogen) atoms. The molecule has 0 radical (unpaired) electrons. The van der Waals surface area contributed by atoms with Gasteiger partial charge in [-0.3, -0.25) is 0 Å². The molecule has 0 unspecified atom stereocenters. The molecule has 1 saturated heterocycles. The van der Waals surface area contributed by atoms with Gasteiger partial charge in [0.2, 0.25) is 0 Å². The third-order valence-corrected chi connectivity index (χ3v) is 5.34. The van der Waals surface area contributed by atoms with Gasteiger partial charge in [0.1, 0.15) is 0 Å². The zero-order valence-corrected chi connectivity index (χ0v) is 11.3. The highest BCUT2D eigenvalue weighted by molar-refractivity contribution is 4.96. The lowest BCUT2D eigenvalue weighted by Crippen LogP contribution is -2.39. The first-order valence-electron chi connectivity index (χ1n) is 7.60. The molecule has 2 heteroatoms. The van der Waals surface area contributed by atoms with Crippen LogP contribution in [0, 0.1) is 17.3 Å². The van der Waals surface area contributed by atoms with Gasteiger partial charge < -0.3 is 9.64 Å². The van der Waals surface area contributed by atoms with Gasteiger partial charge in [-0.1, -0.05) is 6.42 Å². The van der Waals surface area contributed by atoms with Gasteiger partial charge in [-0.25, -0.2) is 0 Å². The Kier molecular flexibility index (Phi) is 3.45. The highest BCUT2D eigenvalue weighted by Gasteiger charge is 2.43. The summed E-state index contributed by atoms with van der Waals surface area (Å²) < 4.78 is 5.50. The maximum atomic E-state index is 5.50. The molecule has 98 valence electrons. The van der Waals surface area contributed by atoms with Gasteiger partial charge in [-0.2, -0.15) is 0 Å². The molecule has 3 fully saturated rings. The topological polar surface area (TPSA) is 12.5 Å². The fourth-order valence-corrected chi connectivity index (χ4v) is 4.08. The van der Waals surface area contributed by atoms with Gasteiger partial charge in [0.25, 0.3) is 0 Å². The number of hydrogen-bond donors (Lipinski definition) is 0. The van der Waals surface area contributed by atoms with Crippen molar-refractivity contribution < 1.29 is 4.74 Å². The van der Waals surface area contributed by atoms with Crippen molar-refractivity contribution >= 4 is 0 Å². The first-order chi connectivity index (χ1) is 8.30. The summed E-state index contributed by atoms with van der Waals surface area (Å²) in [6.07, 6.45) is 8.85. The van der Waals surface area contributed by atoms with Crippen molar-refractivity contribution in [3.05, 3.63) is 0 Å². The second-order valence-corrected chi connectivity index (χ2v) is 6.70. The zero-order valence-electron chi connectivity index (χ0n) is 11.3. The van der Waals surface area contributed by atoms with Crippen LogP contribution < -0.4 is 0 Å². The van der Waals surface area contributed by atoms with E-state index in [0.717, 1.165) is 30.5 Å². The number of hydrogen-bond acceptors (Lipinski definition) is 2. The monoisotopic (exact) mass is 237 g/mol. The summed E-state index contributed by atoms with van der Waals surface area (Å²) in [6, 6.07) is 0. The molecule has 1 aliphatic heterocycles. The Morgan fingerprint density at radius 1 is 1.18 bits per heavy atom. The number of ether oxygens (including phenoxy) is 1. The van der Waals surface area contributed by atoms with Crippen molar-refractivity contribution in [1.29, 1.82) is 0 Å². The minimum absolute atomic E-state index is 0.786. The van der Waals surface area contributed by atoms with Crippen LogP contribution in [0.4, 0.5) is 0 Å². The predicted octanol–water partition coefficient (Wildman–Crippen LogP) is 2.93. The van der Waals surface area contributed by atoms with E-state index in [0.29, 0.717) is 0 Å². The predicted molar refractivity (Wildman–Crippen MR) is 70.0 cm³/mol. The Balaban J connectivity index is 1.33. The molecular weight excluding hydrogens is 210 g/mol. The largest absolute Gasteiger partial charge is 0.381 e. The summed E-state index contributed by atoms with van der Waals surface area (Å²) in [5.41, 5.74) is 0.786. The Hall–Kier alpha value is -0.0800. The van der Waals surface area contributed by atoms with E-state index >= 15 is 0 Å². The van der Waals surface area contributed by atoms with E-state index in [1.54, 1.807) is 0 Å². The molecular formula is C15H27NO. The Bertz CT molecular complexity index is 256. The molecule has 3 aliphatic rings. The van der Waals surface area contributed by atoms with E-state index < -0.39 is 0 Å². The van der Waals surface area contributed by atoms with Crippen molar-refractivity contribution in [1.82, 2.24) is 4.90 Å². The average Bonchev–Trinajstić information content (AvgIpc) is 2.65. The van der Waals surface area contributed by atoms with Gasteiger partial charge in [-0.05, 0) is 62.8 Å². The molecule has 0 aromatic carbocycles. The fraction of sp³-hybridized carbons (Fsp3) is 1.00. The molecule has 2 aliphatic carbocycles. The Labute approximate surface area is 106 Å². The second kappa shape index (κ2) is 4.89. The van der Waals surface area contributed by atoms with E-state index in [-0.39, 0.29) is 0 Å². The Morgan fingerprint density at radius 2 is 2.00 bits per heavy atom. The van der Waals surface area contributed by atoms with Gasteiger partial charge >= 0.3 is 0 Å². The first kappa shape index (κ1) is 12.0. The molecule has 0 amide bonds. The highest BCUT2D eigenvalue weighted by atomic mass is 16.5. The van der Waals surface area contributed by atoms with E-state index in [9.17, 15) is 0 Å². The van der Waals surface area contributed by atoms with Crippen molar-refractivity contribution in [2.75, 3.05) is 32.8 Å². The second-order valence-electron chi connectivity index (χ2n) is 6.70. The van der Waals surface area contributed by atoms with Crippen LogP contribution in [-0.4, -0.2) is 37.7 Å². The van der Waals surface area contributed by atoms with E-state index in [2.05, 4.69) is 11.8 Å². The van der Waals surface area contributed by atoms with Gasteiger partial charge in [-0.15, -0.1) is 0 Å². The summed E-state index contributed by atoms with van der Waals surface area (Å²) >= 11 is 0. The number of rotatable bonds is 5. The first-order valence-corrected chi connectivity index (χ1v) is 7.60. The van der Waals surface area contributed by atoms with E-state index in [1.165, 1.54) is 58.2 Å². The SMILES string of the molecule is CCOCC1CC(CN2CCC3(CCC3)C2)C1. The molecule has 3 rings (SSSR count). The third kappa shape index (κ3) is 2.53. The highest BCUT2D eigenvalue weighted by Crippen LogP contribution is 2.48. The summed E-state index contributed by atoms with van der Waals surface area (Å²) in [7, 11) is 0. The van der Waals surface area contributed by atoms with Crippen LogP contribution in [0.1, 0.15) is 45.4 Å². The molecule has 0 aromatic rings. The van der Waals surface area contributed by atoms with Crippen LogP contribution in [0.25, 0.3) is 0 Å². The summed E-state index contributed by atoms with van der Waals surface area (Å²) in [4.78, 5) is 2.75. The molecule has 0 N–H and O–H groups in total. The van der Waals surface area contributed by atoms with Crippen LogP contribution in [0.15, 0.2) is 0 Å². The minimum Gasteiger partial charge on any atom is -0.381 e. The molecule has 1 spiro atoms. The molecule has 0 bridgehead atoms. The van der Waals surface area contributed by atoms with Crippen molar-refractivity contribution in [3.8, 4) is 0 Å². The van der Waals surface area contributed by atoms with Crippen molar-refractivity contribution in [2.24, 2.45) is 17.3 Å². The van der Waals surface area contributed by atoms with Crippen LogP contribution in [0.3, 0.4) is 0 Å². The summed E-state index contributed by atoms with van der Waals surface area (Å²) in [5, 5.41) is 0. The van der Waals surface area contributed by atoms with E-state index in [4.69, 9.17) is 4.74 Å². The molecule has 0 aromatic heterocycles. The minimum atomic E-state index is 0.786. The standard InChI is InChI=1S/C15H27NO/c1-2-17-11-14-8-13(9-14)10-16-7-6-15(12-16)4-3-5-15/h13-14H,2-12H2,1H3. The fourth-order valence-electron chi connectivity index (χ4n) is 4.08. The lowest BCUT2D eigenvalue weighted by Gasteiger charge is -2.40. The molecule has 0 atom stereocenters. The lowest BCUT2D eigenvalue weighted by molar-refractivity contribution is 0.0355. The van der Waals surface area contributed by atoms with Crippen LogP contribution in [0.2, 0.25) is 0 Å². The third-order valence-electron chi connectivity index (χ3n) is 5.34. The van der Waals surface area contributed by atoms with Gasteiger partial charge in [0.15, 0.2) is 0 Å². The molecule has 1 heterocycles. The van der Waals surface area contributed by atoms with Gasteiger partial charge in [0.05, 0.1) is 0 Å². The molecule has 2 saturated carbocycles. The van der Waals surface area contributed by atoms with Crippen LogP contribution >= 0.6 is 0 Å². The smallest absolute Gasteiger partial charge is 0.0494 e. The normalized spacial score (nSPS) is 35.8. The molecule has 2 nitrogen and oxygen atoms in total. The maximum Gasteiger partial charge on any atom is 0.0494 e. The van der Waals surface area contributed by atoms with Crippen LogP contribution in [-0.2, 0) is 4.74 Å². The zero-order chi connectivity index (χ0) is 11.7. The quantitative estimate of drug-likeness (QED) is 0.729. The summed E-state index contributed by atoms with van der Waals surface area (Å²) in [6.45, 7) is 8.17. The van der Waals surface area contributed by atoms with Crippen LogP contribution in [0.5, 0.6) is 0 Å². The Morgan fingerprint density at radius 3 is 2.59 bits per heavy atom. The van der Waals surface area contributed by atoms with E-state index in [1.807, 2.05) is 0 Å².